The molecule has 12 heavy (non-hydrogen) atoms. The summed E-state index contributed by atoms with van der Waals surface area (Å²) in [5.41, 5.74) is -0.0861. The highest BCUT2D eigenvalue weighted by Crippen LogP contribution is 2.20. The van der Waals surface area contributed by atoms with Crippen LogP contribution >= 0.6 is 0 Å². The number of carbonyl (C=O) groups is 1. The van der Waals surface area contributed by atoms with E-state index in [4.69, 9.17) is 9.84 Å². The van der Waals surface area contributed by atoms with Crippen LogP contribution in [0.4, 0.5) is 0 Å². The molecule has 0 aliphatic carbocycles. The largest absolute Gasteiger partial charge is 0.475 e. The maximum absolute atomic E-state index is 10.5. The van der Waals surface area contributed by atoms with Crippen molar-refractivity contribution in [3.8, 4) is 0 Å². The topological polar surface area (TPSA) is 49.8 Å². The fraction of sp³-hybridized carbons (Fsp3) is 0.625. The van der Waals surface area contributed by atoms with Gasteiger partial charge in [0, 0.05) is 5.54 Å². The Morgan fingerprint density at radius 2 is 2.25 bits per heavy atom. The van der Waals surface area contributed by atoms with E-state index in [-0.39, 0.29) is 11.3 Å². The summed E-state index contributed by atoms with van der Waals surface area (Å²) in [6.45, 7) is 6.32. The number of ether oxygens (including phenoxy) is 1. The summed E-state index contributed by atoms with van der Waals surface area (Å²) >= 11 is 0. The zero-order chi connectivity index (χ0) is 9.35. The third-order valence-electron chi connectivity index (χ3n) is 1.70. The predicted octanol–water partition coefficient (Wildman–Crippen LogP) is 1.00. The first-order chi connectivity index (χ1) is 5.41. The first-order valence-corrected chi connectivity index (χ1v) is 3.76. The van der Waals surface area contributed by atoms with Crippen molar-refractivity contribution in [1.82, 2.24) is 4.90 Å². The Kier molecular flexibility index (Phi) is 2.00. The highest BCUT2D eigenvalue weighted by molar-refractivity contribution is 5.84. The molecule has 1 aliphatic heterocycles. The molecule has 0 atom stereocenters. The van der Waals surface area contributed by atoms with E-state index < -0.39 is 5.97 Å². The van der Waals surface area contributed by atoms with Crippen molar-refractivity contribution < 1.29 is 14.6 Å². The van der Waals surface area contributed by atoms with E-state index in [1.807, 2.05) is 25.7 Å². The summed E-state index contributed by atoms with van der Waals surface area (Å²) in [6, 6.07) is 0. The van der Waals surface area contributed by atoms with Crippen molar-refractivity contribution in [2.75, 3.05) is 6.73 Å². The van der Waals surface area contributed by atoms with Crippen LogP contribution in [-0.4, -0.2) is 28.2 Å². The number of aliphatic carboxylic acids is 1. The van der Waals surface area contributed by atoms with Crippen LogP contribution in [0.5, 0.6) is 0 Å². The highest BCUT2D eigenvalue weighted by Gasteiger charge is 2.26. The molecule has 0 unspecified atom stereocenters. The Labute approximate surface area is 71.4 Å². The standard InChI is InChI=1S/C8H13NO3/c1-8(2,3)9-4-6(7(10)11)12-5-9/h4H,5H2,1-3H3,(H,10,11). The van der Waals surface area contributed by atoms with Gasteiger partial charge in [0.25, 0.3) is 0 Å². The summed E-state index contributed by atoms with van der Waals surface area (Å²) in [5, 5.41) is 8.58. The van der Waals surface area contributed by atoms with E-state index in [2.05, 4.69) is 0 Å². The Morgan fingerprint density at radius 1 is 1.67 bits per heavy atom. The number of hydrogen-bond acceptors (Lipinski definition) is 3. The molecule has 0 saturated heterocycles. The number of carboxylic acids is 1. The molecule has 1 N–H and O–H groups in total. The minimum absolute atomic E-state index is 0.0184. The van der Waals surface area contributed by atoms with Crippen LogP contribution in [0.1, 0.15) is 20.8 Å². The number of nitrogens with zero attached hydrogens (tertiary/aromatic N) is 1. The van der Waals surface area contributed by atoms with Gasteiger partial charge in [-0.3, -0.25) is 0 Å². The third kappa shape index (κ3) is 1.69. The van der Waals surface area contributed by atoms with Crippen molar-refractivity contribution in [2.45, 2.75) is 26.3 Å². The molecule has 0 amide bonds. The molecule has 0 aromatic carbocycles. The van der Waals surface area contributed by atoms with Crippen LogP contribution in [0, 0.1) is 0 Å². The molecule has 0 aromatic rings. The van der Waals surface area contributed by atoms with E-state index in [1.165, 1.54) is 6.20 Å². The predicted molar refractivity (Wildman–Crippen MR) is 43.3 cm³/mol. The van der Waals surface area contributed by atoms with E-state index in [0.717, 1.165) is 0 Å². The Morgan fingerprint density at radius 3 is 2.50 bits per heavy atom. The van der Waals surface area contributed by atoms with E-state index in [9.17, 15) is 4.79 Å². The fourth-order valence-corrected chi connectivity index (χ4v) is 0.859. The van der Waals surface area contributed by atoms with Gasteiger partial charge >= 0.3 is 5.97 Å². The van der Waals surface area contributed by atoms with Crippen molar-refractivity contribution in [3.63, 3.8) is 0 Å². The van der Waals surface area contributed by atoms with Gasteiger partial charge in [-0.25, -0.2) is 4.79 Å². The lowest BCUT2D eigenvalue weighted by Crippen LogP contribution is -2.35. The summed E-state index contributed by atoms with van der Waals surface area (Å²) < 4.78 is 4.94. The Balaban J connectivity index is 2.71. The maximum atomic E-state index is 10.5. The van der Waals surface area contributed by atoms with Gasteiger partial charge in [0.1, 0.15) is 0 Å². The van der Waals surface area contributed by atoms with Gasteiger partial charge in [0.15, 0.2) is 6.73 Å². The first-order valence-electron chi connectivity index (χ1n) is 3.76. The van der Waals surface area contributed by atoms with Crippen molar-refractivity contribution in [1.29, 1.82) is 0 Å². The zero-order valence-electron chi connectivity index (χ0n) is 7.50. The molecule has 4 heteroatoms. The van der Waals surface area contributed by atoms with Crippen molar-refractivity contribution in [2.24, 2.45) is 0 Å². The lowest BCUT2D eigenvalue weighted by molar-refractivity contribution is -0.136. The molecule has 1 heterocycles. The Bertz CT molecular complexity index is 227. The van der Waals surface area contributed by atoms with Crippen LogP contribution in [0.3, 0.4) is 0 Å². The van der Waals surface area contributed by atoms with Gasteiger partial charge in [0.2, 0.25) is 5.76 Å². The second-order valence-corrected chi connectivity index (χ2v) is 3.71. The van der Waals surface area contributed by atoms with Crippen LogP contribution in [0.2, 0.25) is 0 Å². The van der Waals surface area contributed by atoms with Gasteiger partial charge in [0.05, 0.1) is 6.20 Å². The molecular formula is C8H13NO3. The van der Waals surface area contributed by atoms with Gasteiger partial charge in [-0.15, -0.1) is 0 Å². The van der Waals surface area contributed by atoms with E-state index >= 15 is 0 Å². The fourth-order valence-electron chi connectivity index (χ4n) is 0.859. The average Bonchev–Trinajstić information content (AvgIpc) is 2.30. The normalized spacial score (nSPS) is 17.2. The van der Waals surface area contributed by atoms with Crippen LogP contribution in [0.25, 0.3) is 0 Å². The number of carboxylic acid groups (broad SMARTS) is 1. The number of hydrogen-bond donors (Lipinski definition) is 1. The lowest BCUT2D eigenvalue weighted by Gasteiger charge is -2.29. The third-order valence-corrected chi connectivity index (χ3v) is 1.70. The smallest absolute Gasteiger partial charge is 0.372 e. The monoisotopic (exact) mass is 171 g/mol. The molecule has 0 spiro atoms. The summed E-state index contributed by atoms with van der Waals surface area (Å²) in [4.78, 5) is 12.3. The van der Waals surface area contributed by atoms with Crippen LogP contribution < -0.4 is 0 Å². The molecule has 0 radical (unpaired) electrons. The molecule has 4 nitrogen and oxygen atoms in total. The van der Waals surface area contributed by atoms with Crippen LogP contribution in [-0.2, 0) is 9.53 Å². The lowest BCUT2D eigenvalue weighted by atomic mass is 10.1. The van der Waals surface area contributed by atoms with Crippen molar-refractivity contribution >= 4 is 5.97 Å². The molecule has 1 aliphatic rings. The molecule has 68 valence electrons. The summed E-state index contributed by atoms with van der Waals surface area (Å²) in [6.07, 6.45) is 1.53. The molecule has 0 bridgehead atoms. The molecule has 0 saturated carbocycles. The molecular weight excluding hydrogens is 158 g/mol. The first kappa shape index (κ1) is 8.90. The quantitative estimate of drug-likeness (QED) is 0.639. The van der Waals surface area contributed by atoms with Crippen molar-refractivity contribution in [3.05, 3.63) is 12.0 Å². The summed E-state index contributed by atoms with van der Waals surface area (Å²) in [5.74, 6) is -0.994. The second-order valence-electron chi connectivity index (χ2n) is 3.71. The van der Waals surface area contributed by atoms with E-state index in [1.54, 1.807) is 0 Å². The molecule has 1 rings (SSSR count). The number of rotatable bonds is 1. The second kappa shape index (κ2) is 2.69. The maximum Gasteiger partial charge on any atom is 0.372 e. The van der Waals surface area contributed by atoms with Crippen LogP contribution in [0.15, 0.2) is 12.0 Å². The zero-order valence-corrected chi connectivity index (χ0v) is 7.50. The molecule has 0 fully saturated rings. The van der Waals surface area contributed by atoms with Gasteiger partial charge in [-0.1, -0.05) is 0 Å². The average molecular weight is 171 g/mol. The highest BCUT2D eigenvalue weighted by atomic mass is 16.5. The summed E-state index contributed by atoms with van der Waals surface area (Å²) in [7, 11) is 0. The minimum atomic E-state index is -1.01. The minimum Gasteiger partial charge on any atom is -0.475 e. The SMILES string of the molecule is CC(C)(C)N1C=C(C(=O)O)OC1. The Hall–Kier alpha value is -1.19. The molecule has 0 aromatic heterocycles. The van der Waals surface area contributed by atoms with Gasteiger partial charge in [-0.2, -0.15) is 0 Å². The van der Waals surface area contributed by atoms with Gasteiger partial charge in [-0.05, 0) is 20.8 Å². The van der Waals surface area contributed by atoms with E-state index in [0.29, 0.717) is 6.73 Å². The van der Waals surface area contributed by atoms with Gasteiger partial charge < -0.3 is 14.7 Å².